The highest BCUT2D eigenvalue weighted by Gasteiger charge is 2.16. The Bertz CT molecular complexity index is 504. The summed E-state index contributed by atoms with van der Waals surface area (Å²) in [5, 5.41) is 0. The fraction of sp³-hybridized carbons (Fsp3) is 0.579. The third-order valence-corrected chi connectivity index (χ3v) is 3.37. The third-order valence-electron chi connectivity index (χ3n) is 3.37. The first kappa shape index (κ1) is 21.0. The lowest BCUT2D eigenvalue weighted by Crippen LogP contribution is -2.38. The number of ether oxygens (including phenoxy) is 3. The zero-order valence-corrected chi connectivity index (χ0v) is 15.4. The fourth-order valence-electron chi connectivity index (χ4n) is 2.15. The minimum absolute atomic E-state index is 0.0577. The number of nitrogens with zero attached hydrogens (tertiary/aromatic N) is 1. The molecular formula is C19H29NO5. The molecule has 0 N–H and O–H groups in total. The van der Waals surface area contributed by atoms with Crippen LogP contribution in [0.2, 0.25) is 0 Å². The summed E-state index contributed by atoms with van der Waals surface area (Å²) in [6, 6.07) is 9.18. The summed E-state index contributed by atoms with van der Waals surface area (Å²) in [5.74, 6) is 0.185. The largest absolute Gasteiger partial charge is 0.484 e. The lowest BCUT2D eigenvalue weighted by molar-refractivity contribution is -0.144. The zero-order chi connectivity index (χ0) is 18.5. The number of esters is 1. The predicted octanol–water partition coefficient (Wildman–Crippen LogP) is 2.66. The maximum atomic E-state index is 12.4. The van der Waals surface area contributed by atoms with E-state index in [9.17, 15) is 9.59 Å². The number of carbonyl (C=O) groups excluding carboxylic acids is 2. The predicted molar refractivity (Wildman–Crippen MR) is 95.5 cm³/mol. The highest BCUT2D eigenvalue weighted by atomic mass is 16.5. The summed E-state index contributed by atoms with van der Waals surface area (Å²) in [7, 11) is 0. The first-order valence-electron chi connectivity index (χ1n) is 8.75. The number of amides is 1. The second-order valence-corrected chi connectivity index (χ2v) is 5.81. The Balaban J connectivity index is 2.48. The van der Waals surface area contributed by atoms with Gasteiger partial charge in [-0.15, -0.1) is 0 Å². The molecule has 0 heterocycles. The molecule has 1 aromatic rings. The van der Waals surface area contributed by atoms with Gasteiger partial charge in [-0.05, 0) is 39.3 Å². The van der Waals surface area contributed by atoms with Crippen LogP contribution in [0.15, 0.2) is 30.3 Å². The van der Waals surface area contributed by atoms with E-state index in [1.165, 1.54) is 0 Å². The van der Waals surface area contributed by atoms with Crippen molar-refractivity contribution in [2.24, 2.45) is 0 Å². The van der Waals surface area contributed by atoms with Gasteiger partial charge < -0.3 is 19.1 Å². The van der Waals surface area contributed by atoms with Crippen molar-refractivity contribution < 1.29 is 23.8 Å². The topological polar surface area (TPSA) is 65.1 Å². The molecule has 0 bridgehead atoms. The maximum Gasteiger partial charge on any atom is 0.307 e. The van der Waals surface area contributed by atoms with Crippen LogP contribution in [-0.4, -0.2) is 55.8 Å². The summed E-state index contributed by atoms with van der Waals surface area (Å²) in [6.07, 6.45) is 1.04. The van der Waals surface area contributed by atoms with Crippen LogP contribution in [0.25, 0.3) is 0 Å². The van der Waals surface area contributed by atoms with E-state index >= 15 is 0 Å². The van der Waals surface area contributed by atoms with Crippen molar-refractivity contribution in [3.05, 3.63) is 30.3 Å². The van der Waals surface area contributed by atoms with Crippen LogP contribution < -0.4 is 4.74 Å². The Kier molecular flexibility index (Phi) is 10.3. The lowest BCUT2D eigenvalue weighted by Gasteiger charge is -2.22. The molecule has 25 heavy (non-hydrogen) atoms. The number of rotatable bonds is 12. The van der Waals surface area contributed by atoms with E-state index in [4.69, 9.17) is 14.2 Å². The van der Waals surface area contributed by atoms with Crippen LogP contribution >= 0.6 is 0 Å². The Morgan fingerprint density at radius 3 is 2.48 bits per heavy atom. The third kappa shape index (κ3) is 9.72. The quantitative estimate of drug-likeness (QED) is 0.428. The van der Waals surface area contributed by atoms with Crippen molar-refractivity contribution in [1.82, 2.24) is 4.90 Å². The number of para-hydroxylation sites is 1. The van der Waals surface area contributed by atoms with E-state index in [0.29, 0.717) is 38.5 Å². The number of carbonyl (C=O) groups is 2. The van der Waals surface area contributed by atoms with Gasteiger partial charge in [0.25, 0.3) is 5.91 Å². The molecule has 0 saturated carbocycles. The van der Waals surface area contributed by atoms with Gasteiger partial charge in [0, 0.05) is 19.7 Å². The van der Waals surface area contributed by atoms with Crippen LogP contribution in [0.5, 0.6) is 5.75 Å². The van der Waals surface area contributed by atoms with Crippen LogP contribution in [0.4, 0.5) is 0 Å². The van der Waals surface area contributed by atoms with Gasteiger partial charge in [-0.25, -0.2) is 0 Å². The first-order valence-corrected chi connectivity index (χ1v) is 8.75. The minimum Gasteiger partial charge on any atom is -0.484 e. The molecule has 0 radical (unpaired) electrons. The van der Waals surface area contributed by atoms with E-state index in [1.54, 1.807) is 24.0 Å². The van der Waals surface area contributed by atoms with Crippen molar-refractivity contribution in [3.63, 3.8) is 0 Å². The average molecular weight is 351 g/mol. The van der Waals surface area contributed by atoms with Gasteiger partial charge in [0.2, 0.25) is 0 Å². The Morgan fingerprint density at radius 2 is 1.84 bits per heavy atom. The lowest BCUT2D eigenvalue weighted by atomic mass is 10.3. The van der Waals surface area contributed by atoms with Gasteiger partial charge in [-0.3, -0.25) is 9.59 Å². The number of benzene rings is 1. The smallest absolute Gasteiger partial charge is 0.307 e. The minimum atomic E-state index is -0.303. The molecule has 1 rings (SSSR count). The molecular weight excluding hydrogens is 322 g/mol. The Morgan fingerprint density at radius 1 is 1.12 bits per heavy atom. The van der Waals surface area contributed by atoms with E-state index in [0.717, 1.165) is 0 Å². The van der Waals surface area contributed by atoms with Crippen molar-refractivity contribution in [2.45, 2.75) is 39.7 Å². The van der Waals surface area contributed by atoms with Gasteiger partial charge in [0.1, 0.15) is 5.75 Å². The van der Waals surface area contributed by atoms with E-state index in [-0.39, 0.29) is 31.0 Å². The molecule has 1 aromatic carbocycles. The maximum absolute atomic E-state index is 12.4. The molecule has 6 heteroatoms. The normalized spacial score (nSPS) is 10.6. The zero-order valence-electron chi connectivity index (χ0n) is 15.4. The molecule has 140 valence electrons. The highest BCUT2D eigenvalue weighted by Crippen LogP contribution is 2.09. The summed E-state index contributed by atoms with van der Waals surface area (Å²) < 4.78 is 15.9. The summed E-state index contributed by atoms with van der Waals surface area (Å²) >= 11 is 0. The fourth-order valence-corrected chi connectivity index (χ4v) is 2.15. The molecule has 0 aliphatic heterocycles. The molecule has 0 aliphatic rings. The highest BCUT2D eigenvalue weighted by molar-refractivity contribution is 5.78. The van der Waals surface area contributed by atoms with Crippen molar-refractivity contribution >= 4 is 11.9 Å². The molecule has 0 atom stereocenters. The van der Waals surface area contributed by atoms with Gasteiger partial charge in [0.15, 0.2) is 6.61 Å². The number of hydrogen-bond acceptors (Lipinski definition) is 5. The summed E-state index contributed by atoms with van der Waals surface area (Å²) in [4.78, 5) is 25.6. The summed E-state index contributed by atoms with van der Waals surface area (Å²) in [5.41, 5.74) is 0. The first-order chi connectivity index (χ1) is 12.0. The van der Waals surface area contributed by atoms with Crippen LogP contribution in [0.3, 0.4) is 0 Å². The average Bonchev–Trinajstić information content (AvgIpc) is 2.60. The Labute approximate surface area is 150 Å². The number of hydrogen-bond donors (Lipinski definition) is 0. The standard InChI is InChI=1S/C19H29NO5/c1-4-23-19(22)11-13-20(12-8-14-24-16(2)3)18(21)15-25-17-9-6-5-7-10-17/h5-7,9-10,16H,4,8,11-15H2,1-3H3. The molecule has 0 unspecified atom stereocenters. The van der Waals surface area contributed by atoms with Gasteiger partial charge in [0.05, 0.1) is 19.1 Å². The van der Waals surface area contributed by atoms with E-state index in [2.05, 4.69) is 0 Å². The van der Waals surface area contributed by atoms with Crippen molar-refractivity contribution in [2.75, 3.05) is 32.9 Å². The molecule has 0 aromatic heterocycles. The molecule has 6 nitrogen and oxygen atoms in total. The molecule has 0 spiro atoms. The van der Waals surface area contributed by atoms with Crippen LogP contribution in [-0.2, 0) is 19.1 Å². The molecule has 0 saturated heterocycles. The second-order valence-electron chi connectivity index (χ2n) is 5.81. The molecule has 1 amide bonds. The van der Waals surface area contributed by atoms with Gasteiger partial charge >= 0.3 is 5.97 Å². The van der Waals surface area contributed by atoms with Gasteiger partial charge in [-0.1, -0.05) is 18.2 Å². The van der Waals surface area contributed by atoms with Crippen molar-refractivity contribution in [1.29, 1.82) is 0 Å². The molecule has 0 fully saturated rings. The van der Waals surface area contributed by atoms with Gasteiger partial charge in [-0.2, -0.15) is 0 Å². The summed E-state index contributed by atoms with van der Waals surface area (Å²) in [6.45, 7) is 7.39. The Hall–Kier alpha value is -2.08. The second kappa shape index (κ2) is 12.3. The van der Waals surface area contributed by atoms with Crippen LogP contribution in [0.1, 0.15) is 33.6 Å². The molecule has 0 aliphatic carbocycles. The van der Waals surface area contributed by atoms with Crippen LogP contribution in [0, 0.1) is 0 Å². The van der Waals surface area contributed by atoms with E-state index in [1.807, 2.05) is 32.0 Å². The van der Waals surface area contributed by atoms with E-state index < -0.39 is 0 Å². The monoisotopic (exact) mass is 351 g/mol. The van der Waals surface area contributed by atoms with Crippen molar-refractivity contribution in [3.8, 4) is 5.75 Å². The SMILES string of the molecule is CCOC(=O)CCN(CCCOC(C)C)C(=O)COc1ccccc1.